The van der Waals surface area contributed by atoms with Gasteiger partial charge in [-0.2, -0.15) is 5.10 Å². The number of rotatable bonds is 4. The van der Waals surface area contributed by atoms with Crippen LogP contribution in [0, 0.1) is 5.82 Å². The van der Waals surface area contributed by atoms with Crippen molar-refractivity contribution in [1.82, 2.24) is 20.4 Å². The van der Waals surface area contributed by atoms with Crippen molar-refractivity contribution in [2.24, 2.45) is 7.05 Å². The Labute approximate surface area is 140 Å². The Hall–Kier alpha value is -1.54. The molecule has 1 aromatic carbocycles. The van der Waals surface area contributed by atoms with Gasteiger partial charge in [0.2, 0.25) is 0 Å². The van der Waals surface area contributed by atoms with Crippen LogP contribution in [0.4, 0.5) is 4.39 Å². The SMILES string of the molecule is Cn1nc(C(C)(C)NC2OC2[C@@H]2CNCCO2)c2c(F)cccc21. The number of epoxide rings is 1. The number of nitrogens with one attached hydrogen (secondary N) is 2. The van der Waals surface area contributed by atoms with Gasteiger partial charge in [-0.15, -0.1) is 0 Å². The largest absolute Gasteiger partial charge is 0.373 e. The molecule has 2 saturated heterocycles. The minimum Gasteiger partial charge on any atom is -0.373 e. The molecule has 2 aromatic rings. The van der Waals surface area contributed by atoms with Gasteiger partial charge in [-0.3, -0.25) is 10.00 Å². The molecule has 2 aliphatic rings. The third kappa shape index (κ3) is 2.71. The van der Waals surface area contributed by atoms with Gasteiger partial charge >= 0.3 is 0 Å². The Kier molecular flexibility index (Phi) is 3.84. The van der Waals surface area contributed by atoms with E-state index in [1.54, 1.807) is 10.7 Å². The predicted octanol–water partition coefficient (Wildman–Crippen LogP) is 1.25. The number of hydrogen-bond acceptors (Lipinski definition) is 5. The summed E-state index contributed by atoms with van der Waals surface area (Å²) in [6, 6.07) is 5.06. The Morgan fingerprint density at radius 1 is 1.42 bits per heavy atom. The molecule has 0 amide bonds. The van der Waals surface area contributed by atoms with E-state index in [9.17, 15) is 4.39 Å². The predicted molar refractivity (Wildman–Crippen MR) is 88.1 cm³/mol. The zero-order chi connectivity index (χ0) is 16.9. The first-order valence-corrected chi connectivity index (χ1v) is 8.34. The second-order valence-electron chi connectivity index (χ2n) is 7.01. The second-order valence-corrected chi connectivity index (χ2v) is 7.01. The van der Waals surface area contributed by atoms with E-state index in [1.807, 2.05) is 27.0 Å². The van der Waals surface area contributed by atoms with E-state index in [-0.39, 0.29) is 24.3 Å². The molecule has 2 fully saturated rings. The maximum atomic E-state index is 14.4. The van der Waals surface area contributed by atoms with Gasteiger partial charge in [-0.25, -0.2) is 4.39 Å². The highest BCUT2D eigenvalue weighted by Crippen LogP contribution is 2.34. The van der Waals surface area contributed by atoms with Crippen LogP contribution in [0.3, 0.4) is 0 Å². The minimum atomic E-state index is -0.525. The summed E-state index contributed by atoms with van der Waals surface area (Å²) in [5.74, 6) is -0.251. The van der Waals surface area contributed by atoms with Gasteiger partial charge in [0.05, 0.1) is 28.7 Å². The molecule has 3 heterocycles. The molecule has 7 heteroatoms. The van der Waals surface area contributed by atoms with E-state index in [2.05, 4.69) is 15.7 Å². The standard InChI is InChI=1S/C17H23FN4O2/c1-17(2,20-16-14(24-16)12-9-19-7-8-23-12)15-13-10(18)5-4-6-11(13)22(3)21-15/h4-6,12,14,16,19-20H,7-9H2,1-3H3/t12-,14?,16?/m0/s1. The number of nitrogens with zero attached hydrogens (tertiary/aromatic N) is 2. The molecule has 24 heavy (non-hydrogen) atoms. The van der Waals surface area contributed by atoms with Gasteiger partial charge in [-0.1, -0.05) is 6.07 Å². The van der Waals surface area contributed by atoms with Crippen LogP contribution in [-0.4, -0.2) is 47.9 Å². The van der Waals surface area contributed by atoms with E-state index >= 15 is 0 Å². The van der Waals surface area contributed by atoms with Gasteiger partial charge in [0.15, 0.2) is 0 Å². The van der Waals surface area contributed by atoms with E-state index < -0.39 is 5.54 Å². The van der Waals surface area contributed by atoms with Crippen molar-refractivity contribution in [3.63, 3.8) is 0 Å². The Bertz CT molecular complexity index is 754. The Balaban J connectivity index is 1.55. The molecule has 0 aliphatic carbocycles. The van der Waals surface area contributed by atoms with Crippen molar-refractivity contribution in [3.05, 3.63) is 29.7 Å². The molecule has 2 aliphatic heterocycles. The molecule has 4 rings (SSSR count). The summed E-state index contributed by atoms with van der Waals surface area (Å²) in [5.41, 5.74) is 0.950. The fourth-order valence-electron chi connectivity index (χ4n) is 3.45. The van der Waals surface area contributed by atoms with E-state index in [1.165, 1.54) is 6.07 Å². The molecule has 3 atom stereocenters. The topological polar surface area (TPSA) is 63.6 Å². The average Bonchev–Trinajstić information content (AvgIpc) is 3.22. The van der Waals surface area contributed by atoms with Gasteiger partial charge in [0.25, 0.3) is 0 Å². The molecule has 2 N–H and O–H groups in total. The monoisotopic (exact) mass is 334 g/mol. The van der Waals surface area contributed by atoms with E-state index in [4.69, 9.17) is 9.47 Å². The number of aryl methyl sites for hydroxylation is 1. The molecule has 0 saturated carbocycles. The molecule has 0 bridgehead atoms. The van der Waals surface area contributed by atoms with Crippen LogP contribution in [0.2, 0.25) is 0 Å². The lowest BCUT2D eigenvalue weighted by molar-refractivity contribution is 0.0112. The van der Waals surface area contributed by atoms with Crippen molar-refractivity contribution in [1.29, 1.82) is 0 Å². The Morgan fingerprint density at radius 2 is 2.25 bits per heavy atom. The summed E-state index contributed by atoms with van der Waals surface area (Å²) in [4.78, 5) is 0. The van der Waals surface area contributed by atoms with Crippen LogP contribution in [0.15, 0.2) is 18.2 Å². The minimum absolute atomic E-state index is 0.0249. The fourth-order valence-corrected chi connectivity index (χ4v) is 3.45. The summed E-state index contributed by atoms with van der Waals surface area (Å²) in [6.45, 7) is 6.38. The number of aromatic nitrogens is 2. The van der Waals surface area contributed by atoms with Gasteiger partial charge in [0, 0.05) is 20.1 Å². The molecular formula is C17H23FN4O2. The van der Waals surface area contributed by atoms with Crippen LogP contribution in [0.5, 0.6) is 0 Å². The number of fused-ring (bicyclic) bond motifs is 1. The Morgan fingerprint density at radius 3 is 3.00 bits per heavy atom. The highest BCUT2D eigenvalue weighted by Gasteiger charge is 2.49. The van der Waals surface area contributed by atoms with Crippen LogP contribution in [0.25, 0.3) is 10.9 Å². The maximum Gasteiger partial charge on any atom is 0.138 e. The van der Waals surface area contributed by atoms with Crippen molar-refractivity contribution >= 4 is 10.9 Å². The zero-order valence-electron chi connectivity index (χ0n) is 14.2. The summed E-state index contributed by atoms with van der Waals surface area (Å²) < 4.78 is 27.6. The number of benzene rings is 1. The highest BCUT2D eigenvalue weighted by atomic mass is 19.1. The second kappa shape index (κ2) is 5.77. The maximum absolute atomic E-state index is 14.4. The third-order valence-electron chi connectivity index (χ3n) is 4.77. The summed E-state index contributed by atoms with van der Waals surface area (Å²) >= 11 is 0. The summed E-state index contributed by atoms with van der Waals surface area (Å²) in [6.07, 6.45) is -0.0186. The van der Waals surface area contributed by atoms with Gasteiger partial charge < -0.3 is 14.8 Å². The van der Waals surface area contributed by atoms with Crippen molar-refractivity contribution < 1.29 is 13.9 Å². The molecule has 1 aromatic heterocycles. The van der Waals surface area contributed by atoms with Crippen molar-refractivity contribution in [2.45, 2.75) is 37.8 Å². The zero-order valence-corrected chi connectivity index (χ0v) is 14.2. The summed E-state index contributed by atoms with van der Waals surface area (Å²) in [7, 11) is 1.83. The van der Waals surface area contributed by atoms with Crippen LogP contribution < -0.4 is 10.6 Å². The van der Waals surface area contributed by atoms with E-state index in [0.717, 1.165) is 18.6 Å². The smallest absolute Gasteiger partial charge is 0.138 e. The molecule has 0 radical (unpaired) electrons. The lowest BCUT2D eigenvalue weighted by Gasteiger charge is -2.25. The first-order chi connectivity index (χ1) is 11.5. The molecule has 6 nitrogen and oxygen atoms in total. The van der Waals surface area contributed by atoms with E-state index in [0.29, 0.717) is 17.7 Å². The highest BCUT2D eigenvalue weighted by molar-refractivity contribution is 5.83. The van der Waals surface area contributed by atoms with Crippen LogP contribution in [-0.2, 0) is 22.1 Å². The molecule has 130 valence electrons. The van der Waals surface area contributed by atoms with Gasteiger partial charge in [-0.05, 0) is 26.0 Å². The first kappa shape index (κ1) is 16.0. The quantitative estimate of drug-likeness (QED) is 0.824. The first-order valence-electron chi connectivity index (χ1n) is 8.34. The number of halogens is 1. The normalized spacial score (nSPS) is 27.6. The lowest BCUT2D eigenvalue weighted by Crippen LogP contribution is -2.45. The third-order valence-corrected chi connectivity index (χ3v) is 4.77. The summed E-state index contributed by atoms with van der Waals surface area (Å²) in [5, 5.41) is 11.9. The number of morpholine rings is 1. The van der Waals surface area contributed by atoms with Gasteiger partial charge in [0.1, 0.15) is 24.3 Å². The molecule has 2 unspecified atom stereocenters. The molecule has 0 spiro atoms. The number of ether oxygens (including phenoxy) is 2. The fraction of sp³-hybridized carbons (Fsp3) is 0.588. The van der Waals surface area contributed by atoms with Crippen LogP contribution in [0.1, 0.15) is 19.5 Å². The average molecular weight is 334 g/mol. The van der Waals surface area contributed by atoms with Crippen molar-refractivity contribution in [3.8, 4) is 0 Å². The van der Waals surface area contributed by atoms with Crippen LogP contribution >= 0.6 is 0 Å². The number of hydrogen-bond donors (Lipinski definition) is 2. The lowest BCUT2D eigenvalue weighted by atomic mass is 9.96. The molecular weight excluding hydrogens is 311 g/mol. The van der Waals surface area contributed by atoms with Crippen molar-refractivity contribution in [2.75, 3.05) is 19.7 Å².